The molecule has 2 aromatic rings. The molecule has 0 spiro atoms. The molecule has 1 aliphatic heterocycles. The quantitative estimate of drug-likeness (QED) is 0.822. The topological polar surface area (TPSA) is 45.6 Å². The van der Waals surface area contributed by atoms with Gasteiger partial charge in [0.15, 0.2) is 0 Å². The molecule has 1 fully saturated rings. The van der Waals surface area contributed by atoms with Gasteiger partial charge >= 0.3 is 0 Å². The monoisotopic (exact) mass is 357 g/mol. The van der Waals surface area contributed by atoms with Crippen molar-refractivity contribution in [1.29, 1.82) is 0 Å². The molecule has 1 aliphatic rings. The van der Waals surface area contributed by atoms with Crippen LogP contribution in [0.3, 0.4) is 0 Å². The molecule has 2 heterocycles. The summed E-state index contributed by atoms with van der Waals surface area (Å²) in [6.45, 7) is 2.30. The minimum atomic E-state index is -0.267. The molecule has 0 N–H and O–H groups in total. The summed E-state index contributed by atoms with van der Waals surface area (Å²) in [5.74, 6) is -0.0736. The number of hydrogen-bond acceptors (Lipinski definition) is 2. The third-order valence-corrected chi connectivity index (χ3v) is 4.77. The largest absolute Gasteiger partial charge is 0.357 e. The van der Waals surface area contributed by atoms with E-state index in [0.717, 1.165) is 11.1 Å². The van der Waals surface area contributed by atoms with Crippen LogP contribution in [0.25, 0.3) is 0 Å². The van der Waals surface area contributed by atoms with Gasteiger partial charge in [0.05, 0.1) is 6.42 Å². The molecular formula is C20H24FN3O2. The molecule has 0 aliphatic carbocycles. The van der Waals surface area contributed by atoms with Gasteiger partial charge in [-0.3, -0.25) is 9.59 Å². The normalized spacial score (nSPS) is 14.5. The molecule has 3 rings (SSSR count). The van der Waals surface area contributed by atoms with Gasteiger partial charge < -0.3 is 14.4 Å². The zero-order valence-electron chi connectivity index (χ0n) is 15.0. The maximum atomic E-state index is 12.9. The Morgan fingerprint density at radius 3 is 2.12 bits per heavy atom. The average Bonchev–Trinajstić information content (AvgIpc) is 3.06. The number of aromatic nitrogens is 1. The lowest BCUT2D eigenvalue weighted by Gasteiger charge is -2.35. The molecule has 0 bridgehead atoms. The van der Waals surface area contributed by atoms with Crippen LogP contribution in [0.5, 0.6) is 0 Å². The van der Waals surface area contributed by atoms with Crippen LogP contribution < -0.4 is 0 Å². The highest BCUT2D eigenvalue weighted by atomic mass is 19.1. The minimum Gasteiger partial charge on any atom is -0.357 e. The van der Waals surface area contributed by atoms with E-state index in [-0.39, 0.29) is 17.6 Å². The van der Waals surface area contributed by atoms with E-state index < -0.39 is 0 Å². The second-order valence-electron chi connectivity index (χ2n) is 6.75. The van der Waals surface area contributed by atoms with E-state index in [4.69, 9.17) is 0 Å². The van der Waals surface area contributed by atoms with Crippen molar-refractivity contribution in [3.63, 3.8) is 0 Å². The molecule has 2 amide bonds. The fraction of sp³-hybridized carbons (Fsp3) is 0.400. The molecule has 0 unspecified atom stereocenters. The predicted octanol–water partition coefficient (Wildman–Crippen LogP) is 2.01. The zero-order chi connectivity index (χ0) is 18.5. The van der Waals surface area contributed by atoms with Crippen molar-refractivity contribution in [2.75, 3.05) is 26.2 Å². The molecule has 6 heteroatoms. The Bertz CT molecular complexity index is 762. The van der Waals surface area contributed by atoms with Crippen LogP contribution in [0.2, 0.25) is 0 Å². The third-order valence-electron chi connectivity index (χ3n) is 4.77. The highest BCUT2D eigenvalue weighted by molar-refractivity contribution is 5.80. The highest BCUT2D eigenvalue weighted by Gasteiger charge is 2.24. The van der Waals surface area contributed by atoms with Gasteiger partial charge in [-0.1, -0.05) is 12.1 Å². The number of aryl methyl sites for hydroxylation is 2. The lowest BCUT2D eigenvalue weighted by Crippen LogP contribution is -2.51. The number of carbonyl (C=O) groups is 2. The number of nitrogens with zero attached hydrogens (tertiary/aromatic N) is 3. The summed E-state index contributed by atoms with van der Waals surface area (Å²) in [6, 6.07) is 8.20. The Kier molecular flexibility index (Phi) is 5.71. The first kappa shape index (κ1) is 18.2. The summed E-state index contributed by atoms with van der Waals surface area (Å²) >= 11 is 0. The molecular weight excluding hydrogens is 333 g/mol. The van der Waals surface area contributed by atoms with E-state index in [1.807, 2.05) is 39.9 Å². The van der Waals surface area contributed by atoms with Crippen molar-refractivity contribution < 1.29 is 14.0 Å². The summed E-state index contributed by atoms with van der Waals surface area (Å²) < 4.78 is 14.8. The molecule has 0 radical (unpaired) electrons. The van der Waals surface area contributed by atoms with E-state index in [1.165, 1.54) is 12.1 Å². The van der Waals surface area contributed by atoms with Crippen molar-refractivity contribution in [3.8, 4) is 0 Å². The highest BCUT2D eigenvalue weighted by Crippen LogP contribution is 2.11. The molecule has 26 heavy (non-hydrogen) atoms. The smallest absolute Gasteiger partial charge is 0.227 e. The van der Waals surface area contributed by atoms with E-state index in [9.17, 15) is 14.0 Å². The zero-order valence-corrected chi connectivity index (χ0v) is 15.0. The third kappa shape index (κ3) is 4.71. The maximum absolute atomic E-state index is 12.9. The summed E-state index contributed by atoms with van der Waals surface area (Å²) in [5.41, 5.74) is 1.96. The van der Waals surface area contributed by atoms with Gasteiger partial charge in [-0.2, -0.15) is 0 Å². The van der Waals surface area contributed by atoms with Crippen LogP contribution in [0, 0.1) is 5.82 Å². The number of hydrogen-bond donors (Lipinski definition) is 0. The molecule has 5 nitrogen and oxygen atoms in total. The first-order valence-electron chi connectivity index (χ1n) is 8.92. The van der Waals surface area contributed by atoms with Gasteiger partial charge in [-0.05, 0) is 35.7 Å². The Labute approximate surface area is 153 Å². The minimum absolute atomic E-state index is 0.0875. The first-order chi connectivity index (χ1) is 12.5. The lowest BCUT2D eigenvalue weighted by molar-refractivity contribution is -0.139. The van der Waals surface area contributed by atoms with Crippen LogP contribution >= 0.6 is 0 Å². The SMILES string of the molecule is Cn1ccc(CC(=O)N2CCN(C(=O)CCc3ccc(F)cc3)CC2)c1. The Balaban J connectivity index is 1.43. The fourth-order valence-corrected chi connectivity index (χ4v) is 3.22. The first-order valence-corrected chi connectivity index (χ1v) is 8.92. The number of halogens is 1. The van der Waals surface area contributed by atoms with Gasteiger partial charge in [0, 0.05) is 52.0 Å². The van der Waals surface area contributed by atoms with Crippen molar-refractivity contribution in [2.24, 2.45) is 7.05 Å². The average molecular weight is 357 g/mol. The van der Waals surface area contributed by atoms with Crippen LogP contribution in [-0.4, -0.2) is 52.4 Å². The summed E-state index contributed by atoms with van der Waals surface area (Å²) in [5, 5.41) is 0. The maximum Gasteiger partial charge on any atom is 0.227 e. The number of piperazine rings is 1. The summed E-state index contributed by atoms with van der Waals surface area (Å²) in [4.78, 5) is 28.4. The van der Waals surface area contributed by atoms with Gasteiger partial charge in [-0.25, -0.2) is 4.39 Å². The van der Waals surface area contributed by atoms with E-state index in [0.29, 0.717) is 45.4 Å². The standard InChI is InChI=1S/C20H24FN3O2/c1-22-9-8-17(15-22)14-20(26)24-12-10-23(11-13-24)19(25)7-4-16-2-5-18(21)6-3-16/h2-3,5-6,8-9,15H,4,7,10-14H2,1H3. The van der Waals surface area contributed by atoms with Crippen LogP contribution in [0.1, 0.15) is 17.5 Å². The van der Waals surface area contributed by atoms with E-state index >= 15 is 0 Å². The van der Waals surface area contributed by atoms with Crippen molar-refractivity contribution >= 4 is 11.8 Å². The number of rotatable bonds is 5. The van der Waals surface area contributed by atoms with Crippen LogP contribution in [-0.2, 0) is 29.5 Å². The second kappa shape index (κ2) is 8.17. The summed E-state index contributed by atoms with van der Waals surface area (Å²) in [6.07, 6.45) is 5.29. The van der Waals surface area contributed by atoms with E-state index in [1.54, 1.807) is 12.1 Å². The van der Waals surface area contributed by atoms with Gasteiger partial charge in [-0.15, -0.1) is 0 Å². The second-order valence-corrected chi connectivity index (χ2v) is 6.75. The van der Waals surface area contributed by atoms with Crippen molar-refractivity contribution in [2.45, 2.75) is 19.3 Å². The molecule has 1 aromatic heterocycles. The van der Waals surface area contributed by atoms with Crippen LogP contribution in [0.4, 0.5) is 4.39 Å². The predicted molar refractivity (Wildman–Crippen MR) is 97.0 cm³/mol. The molecule has 0 saturated carbocycles. The van der Waals surface area contributed by atoms with Crippen molar-refractivity contribution in [1.82, 2.24) is 14.4 Å². The number of carbonyl (C=O) groups excluding carboxylic acids is 2. The Morgan fingerprint density at radius 1 is 0.923 bits per heavy atom. The van der Waals surface area contributed by atoms with Gasteiger partial charge in [0.25, 0.3) is 0 Å². The van der Waals surface area contributed by atoms with Crippen LogP contribution in [0.15, 0.2) is 42.7 Å². The molecule has 1 saturated heterocycles. The Hall–Kier alpha value is -2.63. The number of benzene rings is 1. The lowest BCUT2D eigenvalue weighted by atomic mass is 10.1. The van der Waals surface area contributed by atoms with Crippen molar-refractivity contribution in [3.05, 3.63) is 59.7 Å². The number of amides is 2. The fourth-order valence-electron chi connectivity index (χ4n) is 3.22. The van der Waals surface area contributed by atoms with E-state index in [2.05, 4.69) is 0 Å². The van der Waals surface area contributed by atoms with Gasteiger partial charge in [0.1, 0.15) is 5.82 Å². The Morgan fingerprint density at radius 2 is 1.54 bits per heavy atom. The molecule has 138 valence electrons. The van der Waals surface area contributed by atoms with Gasteiger partial charge in [0.2, 0.25) is 11.8 Å². The molecule has 1 aromatic carbocycles. The summed E-state index contributed by atoms with van der Waals surface area (Å²) in [7, 11) is 1.93. The molecule has 0 atom stereocenters.